The van der Waals surface area contributed by atoms with E-state index in [1.807, 2.05) is 0 Å². The molecule has 0 spiro atoms. The highest BCUT2D eigenvalue weighted by atomic mass is 19.2. The van der Waals surface area contributed by atoms with Crippen molar-refractivity contribution in [2.24, 2.45) is 0 Å². The Balaban J connectivity index is 1.64. The lowest BCUT2D eigenvalue weighted by atomic mass is 10.1. The summed E-state index contributed by atoms with van der Waals surface area (Å²) in [6, 6.07) is 1.97. The lowest BCUT2D eigenvalue weighted by Gasteiger charge is -2.39. The first kappa shape index (κ1) is 17.6. The number of rotatable bonds is 4. The molecule has 2 heterocycles. The summed E-state index contributed by atoms with van der Waals surface area (Å²) in [6.45, 7) is 2.61. The van der Waals surface area contributed by atoms with Gasteiger partial charge in [-0.3, -0.25) is 5.32 Å². The highest BCUT2D eigenvalue weighted by Gasteiger charge is 2.37. The summed E-state index contributed by atoms with van der Waals surface area (Å²) < 4.78 is 32.4. The van der Waals surface area contributed by atoms with Gasteiger partial charge in [-0.05, 0) is 25.8 Å². The Labute approximate surface area is 143 Å². The van der Waals surface area contributed by atoms with Crippen LogP contribution in [0.25, 0.3) is 0 Å². The maximum atomic E-state index is 13.9. The molecular weight excluding hydrogens is 334 g/mol. The van der Waals surface area contributed by atoms with E-state index in [-0.39, 0.29) is 11.6 Å². The average molecular weight is 354 g/mol. The molecule has 25 heavy (non-hydrogen) atoms. The second kappa shape index (κ2) is 7.32. The molecule has 2 saturated heterocycles. The van der Waals surface area contributed by atoms with Crippen molar-refractivity contribution < 1.29 is 23.1 Å². The third-order valence-corrected chi connectivity index (χ3v) is 4.39. The molecule has 2 aliphatic rings. The van der Waals surface area contributed by atoms with E-state index >= 15 is 0 Å². The minimum atomic E-state index is -0.959. The van der Waals surface area contributed by atoms with Gasteiger partial charge >= 0.3 is 12.1 Å². The van der Waals surface area contributed by atoms with Gasteiger partial charge in [-0.2, -0.15) is 0 Å². The monoisotopic (exact) mass is 354 g/mol. The van der Waals surface area contributed by atoms with E-state index in [9.17, 15) is 18.4 Å². The summed E-state index contributed by atoms with van der Waals surface area (Å²) >= 11 is 0. The Morgan fingerprint density at radius 3 is 2.48 bits per heavy atom. The molecule has 9 heteroatoms. The first-order valence-electron chi connectivity index (χ1n) is 8.15. The SMILES string of the molecule is C[C@H](NC1NC(=O)N(C2CCOCC2)C(=O)N1)c1cccc(F)c1F. The summed E-state index contributed by atoms with van der Waals surface area (Å²) in [5.74, 6) is -1.91. The van der Waals surface area contributed by atoms with Gasteiger partial charge in [-0.15, -0.1) is 0 Å². The number of amides is 4. The molecule has 0 unspecified atom stereocenters. The Morgan fingerprint density at radius 1 is 1.20 bits per heavy atom. The summed E-state index contributed by atoms with van der Waals surface area (Å²) in [5.41, 5.74) is 0.107. The largest absolute Gasteiger partial charge is 0.381 e. The number of nitrogens with one attached hydrogen (secondary N) is 3. The van der Waals surface area contributed by atoms with Gasteiger partial charge in [-0.25, -0.2) is 23.3 Å². The van der Waals surface area contributed by atoms with Crippen LogP contribution in [0, 0.1) is 11.6 Å². The third kappa shape index (κ3) is 3.72. The summed E-state index contributed by atoms with van der Waals surface area (Å²) in [5, 5.41) is 8.10. The molecule has 3 N–H and O–H groups in total. The zero-order valence-corrected chi connectivity index (χ0v) is 13.7. The maximum absolute atomic E-state index is 13.9. The number of imide groups is 1. The number of ether oxygens (including phenoxy) is 1. The molecule has 136 valence electrons. The Morgan fingerprint density at radius 2 is 1.84 bits per heavy atom. The Bertz CT molecular complexity index is 649. The molecule has 7 nitrogen and oxygen atoms in total. The summed E-state index contributed by atoms with van der Waals surface area (Å²) in [6.07, 6.45) is 0.294. The van der Waals surface area contributed by atoms with Crippen LogP contribution in [0.1, 0.15) is 31.4 Å². The van der Waals surface area contributed by atoms with Crippen molar-refractivity contribution in [2.75, 3.05) is 13.2 Å². The van der Waals surface area contributed by atoms with Crippen LogP contribution in [-0.4, -0.2) is 42.5 Å². The zero-order valence-electron chi connectivity index (χ0n) is 13.7. The zero-order chi connectivity index (χ0) is 18.0. The molecule has 0 aliphatic carbocycles. The fraction of sp³-hybridized carbons (Fsp3) is 0.500. The van der Waals surface area contributed by atoms with Gasteiger partial charge in [-0.1, -0.05) is 12.1 Å². The number of carbonyl (C=O) groups is 2. The number of benzene rings is 1. The number of nitrogens with zero attached hydrogens (tertiary/aromatic N) is 1. The van der Waals surface area contributed by atoms with Crippen LogP contribution in [0.5, 0.6) is 0 Å². The highest BCUT2D eigenvalue weighted by Crippen LogP contribution is 2.20. The molecule has 0 saturated carbocycles. The first-order valence-corrected chi connectivity index (χ1v) is 8.15. The molecule has 1 aromatic rings. The van der Waals surface area contributed by atoms with Crippen LogP contribution in [0.4, 0.5) is 18.4 Å². The van der Waals surface area contributed by atoms with Crippen LogP contribution in [-0.2, 0) is 4.74 Å². The normalized spacial score (nSPS) is 21.0. The molecule has 1 aromatic carbocycles. The predicted molar refractivity (Wildman–Crippen MR) is 84.4 cm³/mol. The fourth-order valence-corrected chi connectivity index (χ4v) is 3.07. The molecule has 2 fully saturated rings. The van der Waals surface area contributed by atoms with Crippen LogP contribution in [0.2, 0.25) is 0 Å². The average Bonchev–Trinajstić information content (AvgIpc) is 2.57. The first-order chi connectivity index (χ1) is 12.0. The number of urea groups is 2. The minimum absolute atomic E-state index is 0.107. The maximum Gasteiger partial charge on any atom is 0.328 e. The summed E-state index contributed by atoms with van der Waals surface area (Å²) in [4.78, 5) is 25.7. The minimum Gasteiger partial charge on any atom is -0.381 e. The quantitative estimate of drug-likeness (QED) is 0.770. The van der Waals surface area contributed by atoms with Crippen LogP contribution in [0.15, 0.2) is 18.2 Å². The van der Waals surface area contributed by atoms with E-state index in [0.29, 0.717) is 26.1 Å². The van der Waals surface area contributed by atoms with Crippen molar-refractivity contribution in [3.05, 3.63) is 35.4 Å². The van der Waals surface area contributed by atoms with Gasteiger partial charge in [0.1, 0.15) is 0 Å². The van der Waals surface area contributed by atoms with Gasteiger partial charge in [0, 0.05) is 30.9 Å². The molecular formula is C16H20F2N4O3. The molecule has 3 rings (SSSR count). The topological polar surface area (TPSA) is 82.7 Å². The standard InChI is InChI=1S/C16H20F2N4O3/c1-9(11-3-2-4-12(17)13(11)18)19-14-20-15(23)22(16(24)21-14)10-5-7-25-8-6-10/h2-4,9-10,14,19H,5-8H2,1H3,(H,20,23)(H,21,24)/t9-/m0/s1. The van der Waals surface area contributed by atoms with Crippen LogP contribution in [0.3, 0.4) is 0 Å². The van der Waals surface area contributed by atoms with Crippen molar-refractivity contribution in [1.82, 2.24) is 20.9 Å². The van der Waals surface area contributed by atoms with E-state index in [1.54, 1.807) is 6.92 Å². The van der Waals surface area contributed by atoms with E-state index in [4.69, 9.17) is 4.74 Å². The molecule has 1 atom stereocenters. The number of hydrogen-bond acceptors (Lipinski definition) is 4. The lowest BCUT2D eigenvalue weighted by Crippen LogP contribution is -2.70. The number of carbonyl (C=O) groups excluding carboxylic acids is 2. The molecule has 2 aliphatic heterocycles. The van der Waals surface area contributed by atoms with Gasteiger partial charge in [0.15, 0.2) is 17.9 Å². The second-order valence-corrected chi connectivity index (χ2v) is 6.08. The predicted octanol–water partition coefficient (Wildman–Crippen LogP) is 1.81. The van der Waals surface area contributed by atoms with Crippen LogP contribution < -0.4 is 16.0 Å². The Kier molecular flexibility index (Phi) is 5.14. The van der Waals surface area contributed by atoms with Crippen LogP contribution >= 0.6 is 0 Å². The number of halogens is 2. The van der Waals surface area contributed by atoms with E-state index < -0.39 is 36.0 Å². The van der Waals surface area contributed by atoms with E-state index in [2.05, 4.69) is 16.0 Å². The van der Waals surface area contributed by atoms with Crippen molar-refractivity contribution in [3.63, 3.8) is 0 Å². The van der Waals surface area contributed by atoms with Gasteiger partial charge in [0.05, 0.1) is 0 Å². The highest BCUT2D eigenvalue weighted by molar-refractivity contribution is 5.96. The van der Waals surface area contributed by atoms with Gasteiger partial charge in [0.2, 0.25) is 0 Å². The van der Waals surface area contributed by atoms with E-state index in [0.717, 1.165) is 11.0 Å². The van der Waals surface area contributed by atoms with Crippen molar-refractivity contribution in [2.45, 2.75) is 38.1 Å². The molecule has 0 bridgehead atoms. The summed E-state index contributed by atoms with van der Waals surface area (Å²) in [7, 11) is 0. The van der Waals surface area contributed by atoms with E-state index in [1.165, 1.54) is 12.1 Å². The van der Waals surface area contributed by atoms with Gasteiger partial charge in [0.25, 0.3) is 0 Å². The Hall–Kier alpha value is -2.26. The second-order valence-electron chi connectivity index (χ2n) is 6.08. The smallest absolute Gasteiger partial charge is 0.328 e. The lowest BCUT2D eigenvalue weighted by molar-refractivity contribution is 0.0492. The number of hydrogen-bond donors (Lipinski definition) is 3. The molecule has 0 radical (unpaired) electrons. The fourth-order valence-electron chi connectivity index (χ4n) is 3.07. The molecule has 4 amide bonds. The van der Waals surface area contributed by atoms with Crippen molar-refractivity contribution in [3.8, 4) is 0 Å². The van der Waals surface area contributed by atoms with Crippen molar-refractivity contribution >= 4 is 12.1 Å². The van der Waals surface area contributed by atoms with Gasteiger partial charge < -0.3 is 15.4 Å². The molecule has 0 aromatic heterocycles. The van der Waals surface area contributed by atoms with Crippen molar-refractivity contribution in [1.29, 1.82) is 0 Å². The third-order valence-electron chi connectivity index (χ3n) is 4.39.